The zero-order valence-electron chi connectivity index (χ0n) is 11.6. The molecule has 0 aromatic heterocycles. The van der Waals surface area contributed by atoms with Gasteiger partial charge in [-0.25, -0.2) is 13.2 Å². The molecule has 0 bridgehead atoms. The van der Waals surface area contributed by atoms with Crippen molar-refractivity contribution in [2.45, 2.75) is 25.3 Å². The lowest BCUT2D eigenvalue weighted by Gasteiger charge is -2.09. The van der Waals surface area contributed by atoms with Gasteiger partial charge < -0.3 is 9.47 Å². The van der Waals surface area contributed by atoms with Crippen LogP contribution in [0.15, 0.2) is 23.1 Å². The smallest absolute Gasteiger partial charge is 0.338 e. The van der Waals surface area contributed by atoms with Crippen LogP contribution in [0, 0.1) is 5.92 Å². The van der Waals surface area contributed by atoms with Crippen molar-refractivity contribution in [3.63, 3.8) is 0 Å². The number of hydrogen-bond acceptors (Lipinski definition) is 5. The normalized spacial score (nSPS) is 11.7. The minimum absolute atomic E-state index is 0.138. The van der Waals surface area contributed by atoms with Crippen LogP contribution in [0.4, 0.5) is 0 Å². The predicted octanol–water partition coefficient (Wildman–Crippen LogP) is 2.57. The number of carbonyl (C=O) groups excluding carboxylic acids is 1. The van der Waals surface area contributed by atoms with Gasteiger partial charge in [-0.15, -0.1) is 0 Å². The molecule has 0 atom stereocenters. The van der Waals surface area contributed by atoms with E-state index in [9.17, 15) is 13.2 Å². The topological polar surface area (TPSA) is 69.7 Å². The SMILES string of the molecule is COCc1cc(C(=O)OCC(C)C)cc(S(=O)(=O)Cl)c1. The first-order valence-electron chi connectivity index (χ1n) is 5.98. The van der Waals surface area contributed by atoms with Crippen molar-refractivity contribution in [1.82, 2.24) is 0 Å². The maximum atomic E-state index is 11.9. The Bertz CT molecular complexity index is 580. The zero-order chi connectivity index (χ0) is 15.3. The van der Waals surface area contributed by atoms with Crippen LogP contribution in [0.2, 0.25) is 0 Å². The van der Waals surface area contributed by atoms with Crippen LogP contribution in [-0.2, 0) is 25.1 Å². The van der Waals surface area contributed by atoms with Gasteiger partial charge in [0.2, 0.25) is 0 Å². The lowest BCUT2D eigenvalue weighted by atomic mass is 10.1. The van der Waals surface area contributed by atoms with Gasteiger partial charge >= 0.3 is 5.97 Å². The Morgan fingerprint density at radius 3 is 2.45 bits per heavy atom. The van der Waals surface area contributed by atoms with E-state index in [0.717, 1.165) is 0 Å². The van der Waals surface area contributed by atoms with Gasteiger partial charge in [-0.2, -0.15) is 0 Å². The van der Waals surface area contributed by atoms with Crippen LogP contribution in [0.1, 0.15) is 29.8 Å². The molecule has 0 radical (unpaired) electrons. The number of benzene rings is 1. The number of esters is 1. The molecule has 0 amide bonds. The number of halogens is 1. The second-order valence-electron chi connectivity index (χ2n) is 4.73. The van der Waals surface area contributed by atoms with Crippen molar-refractivity contribution in [2.75, 3.05) is 13.7 Å². The van der Waals surface area contributed by atoms with Crippen molar-refractivity contribution >= 4 is 25.7 Å². The van der Waals surface area contributed by atoms with Crippen molar-refractivity contribution in [1.29, 1.82) is 0 Å². The molecule has 20 heavy (non-hydrogen) atoms. The Morgan fingerprint density at radius 2 is 1.95 bits per heavy atom. The lowest BCUT2D eigenvalue weighted by molar-refractivity contribution is 0.0458. The van der Waals surface area contributed by atoms with Crippen molar-refractivity contribution in [2.24, 2.45) is 5.92 Å². The average Bonchev–Trinajstić information content (AvgIpc) is 2.34. The molecule has 5 nitrogen and oxygen atoms in total. The fourth-order valence-electron chi connectivity index (χ4n) is 1.50. The van der Waals surface area contributed by atoms with Gasteiger partial charge in [0.25, 0.3) is 9.05 Å². The van der Waals surface area contributed by atoms with Crippen LogP contribution in [-0.4, -0.2) is 28.1 Å². The highest BCUT2D eigenvalue weighted by molar-refractivity contribution is 8.13. The van der Waals surface area contributed by atoms with E-state index < -0.39 is 15.0 Å². The van der Waals surface area contributed by atoms with E-state index in [0.29, 0.717) is 5.56 Å². The number of rotatable bonds is 6. The Balaban J connectivity index is 3.12. The number of ether oxygens (including phenoxy) is 2. The Kier molecular flexibility index (Phi) is 5.98. The van der Waals surface area contributed by atoms with E-state index in [1.807, 2.05) is 13.8 Å². The second-order valence-corrected chi connectivity index (χ2v) is 7.29. The van der Waals surface area contributed by atoms with E-state index in [1.54, 1.807) is 0 Å². The summed E-state index contributed by atoms with van der Waals surface area (Å²) >= 11 is 0. The van der Waals surface area contributed by atoms with Crippen molar-refractivity contribution < 1.29 is 22.7 Å². The molecule has 0 fully saturated rings. The minimum atomic E-state index is -3.92. The van der Waals surface area contributed by atoms with Crippen molar-refractivity contribution in [3.8, 4) is 0 Å². The second kappa shape index (κ2) is 7.06. The monoisotopic (exact) mass is 320 g/mol. The maximum absolute atomic E-state index is 11.9. The summed E-state index contributed by atoms with van der Waals surface area (Å²) in [7, 11) is 2.86. The fraction of sp³-hybridized carbons (Fsp3) is 0.462. The highest BCUT2D eigenvalue weighted by atomic mass is 35.7. The molecular formula is C13H17ClO5S. The number of methoxy groups -OCH3 is 1. The predicted molar refractivity (Wildman–Crippen MR) is 75.3 cm³/mol. The van der Waals surface area contributed by atoms with Crippen LogP contribution in [0.3, 0.4) is 0 Å². The van der Waals surface area contributed by atoms with E-state index in [1.165, 1.54) is 25.3 Å². The summed E-state index contributed by atoms with van der Waals surface area (Å²) in [6.45, 7) is 4.24. The molecule has 0 saturated carbocycles. The van der Waals surface area contributed by atoms with Crippen LogP contribution < -0.4 is 0 Å². The quantitative estimate of drug-likeness (QED) is 0.595. The molecule has 0 aliphatic carbocycles. The first kappa shape index (κ1) is 16.9. The van der Waals surface area contributed by atoms with Gasteiger partial charge in [-0.3, -0.25) is 0 Å². The average molecular weight is 321 g/mol. The highest BCUT2D eigenvalue weighted by Gasteiger charge is 2.17. The standard InChI is InChI=1S/C13H17ClO5S/c1-9(2)7-19-13(15)11-4-10(8-18-3)5-12(6-11)20(14,16)17/h4-6,9H,7-8H2,1-3H3. The highest BCUT2D eigenvalue weighted by Crippen LogP contribution is 2.20. The van der Waals surface area contributed by atoms with Crippen LogP contribution in [0.5, 0.6) is 0 Å². The molecule has 0 unspecified atom stereocenters. The van der Waals surface area contributed by atoms with Gasteiger partial charge in [0.15, 0.2) is 0 Å². The van der Waals surface area contributed by atoms with Gasteiger partial charge in [-0.1, -0.05) is 13.8 Å². The van der Waals surface area contributed by atoms with E-state index >= 15 is 0 Å². The Morgan fingerprint density at radius 1 is 1.30 bits per heavy atom. The molecule has 1 aromatic rings. The molecule has 0 spiro atoms. The Hall–Kier alpha value is -1.11. The third-order valence-corrected chi connectivity index (χ3v) is 3.68. The zero-order valence-corrected chi connectivity index (χ0v) is 13.1. The molecular weight excluding hydrogens is 304 g/mol. The molecule has 0 heterocycles. The molecule has 0 aliphatic heterocycles. The molecule has 0 aliphatic rings. The summed E-state index contributed by atoms with van der Waals surface area (Å²) in [5.74, 6) is -0.393. The van der Waals surface area contributed by atoms with Crippen LogP contribution >= 0.6 is 10.7 Å². The Labute approximate surface area is 123 Å². The summed E-state index contributed by atoms with van der Waals surface area (Å²) in [5, 5.41) is 0. The van der Waals surface area contributed by atoms with Gasteiger partial charge in [0.05, 0.1) is 23.7 Å². The molecule has 1 rings (SSSR count). The third kappa shape index (κ3) is 5.11. The summed E-state index contributed by atoms with van der Waals surface area (Å²) in [6, 6.07) is 4.09. The summed E-state index contributed by atoms with van der Waals surface area (Å²) < 4.78 is 32.8. The summed E-state index contributed by atoms with van der Waals surface area (Å²) in [5.41, 5.74) is 0.671. The van der Waals surface area contributed by atoms with Crippen molar-refractivity contribution in [3.05, 3.63) is 29.3 Å². The summed E-state index contributed by atoms with van der Waals surface area (Å²) in [4.78, 5) is 11.7. The first-order chi connectivity index (χ1) is 9.24. The number of hydrogen-bond donors (Lipinski definition) is 0. The van der Waals surface area contributed by atoms with Crippen LogP contribution in [0.25, 0.3) is 0 Å². The van der Waals surface area contributed by atoms with Gasteiger partial charge in [0.1, 0.15) is 0 Å². The third-order valence-electron chi connectivity index (χ3n) is 2.34. The number of carbonyl (C=O) groups is 1. The van der Waals surface area contributed by atoms with Gasteiger partial charge in [-0.05, 0) is 29.7 Å². The summed E-state index contributed by atoms with van der Waals surface area (Å²) in [6.07, 6.45) is 0. The maximum Gasteiger partial charge on any atom is 0.338 e. The van der Waals surface area contributed by atoms with E-state index in [-0.39, 0.29) is 29.6 Å². The molecule has 1 aromatic carbocycles. The molecule has 0 N–H and O–H groups in total. The lowest BCUT2D eigenvalue weighted by Crippen LogP contribution is -2.11. The molecule has 0 saturated heterocycles. The fourth-order valence-corrected chi connectivity index (χ4v) is 2.32. The van der Waals surface area contributed by atoms with E-state index in [2.05, 4.69) is 0 Å². The first-order valence-corrected chi connectivity index (χ1v) is 8.29. The van der Waals surface area contributed by atoms with Gasteiger partial charge in [0, 0.05) is 17.8 Å². The molecule has 112 valence electrons. The largest absolute Gasteiger partial charge is 0.462 e. The minimum Gasteiger partial charge on any atom is -0.462 e. The van der Waals surface area contributed by atoms with E-state index in [4.69, 9.17) is 20.2 Å². The molecule has 7 heteroatoms.